The summed E-state index contributed by atoms with van der Waals surface area (Å²) < 4.78 is 11.0. The van der Waals surface area contributed by atoms with Gasteiger partial charge in [-0.2, -0.15) is 0 Å². The number of hydrogen-bond acceptors (Lipinski definition) is 7. The molecule has 0 saturated heterocycles. The number of rotatable bonds is 7. The number of pyridine rings is 1. The van der Waals surface area contributed by atoms with E-state index in [1.54, 1.807) is 30.3 Å². The van der Waals surface area contributed by atoms with Crippen molar-refractivity contribution in [2.75, 3.05) is 18.1 Å². The molecule has 1 atom stereocenters. The number of hydrogen-bond donors (Lipinski definition) is 0. The molecule has 0 radical (unpaired) electrons. The zero-order valence-corrected chi connectivity index (χ0v) is 16.1. The van der Waals surface area contributed by atoms with E-state index in [-0.39, 0.29) is 18.2 Å². The van der Waals surface area contributed by atoms with Gasteiger partial charge in [-0.3, -0.25) is 14.5 Å². The predicted molar refractivity (Wildman–Crippen MR) is 103 cm³/mol. The number of amides is 1. The van der Waals surface area contributed by atoms with Crippen molar-refractivity contribution in [3.8, 4) is 5.75 Å². The number of aromatic nitrogens is 1. The lowest BCUT2D eigenvalue weighted by Crippen LogP contribution is -2.44. The maximum atomic E-state index is 13.1. The number of carbonyl (C=O) groups is 2. The Balaban J connectivity index is 1.90. The van der Waals surface area contributed by atoms with E-state index in [1.807, 2.05) is 13.8 Å². The Morgan fingerprint density at radius 3 is 2.66 bits per heavy atom. The fraction of sp³-hybridized carbons (Fsp3) is 0.350. The van der Waals surface area contributed by atoms with Gasteiger partial charge in [-0.25, -0.2) is 0 Å². The van der Waals surface area contributed by atoms with Gasteiger partial charge in [0, 0.05) is 11.6 Å². The molecule has 0 N–H and O–H groups in total. The third-order valence-corrected chi connectivity index (χ3v) is 4.35. The standard InChI is InChI=1S/C20H21N3O6/c1-13(2)10-11-28-17(24)12-22-19-15(8-9-16(21-19)23(26)27)29-18(20(22)25)14-6-4-3-5-7-14/h3-9,13,18H,10-12H2,1-2H3. The summed E-state index contributed by atoms with van der Waals surface area (Å²) in [7, 11) is 0. The van der Waals surface area contributed by atoms with Gasteiger partial charge in [0.25, 0.3) is 11.7 Å². The number of carbonyl (C=O) groups excluding carboxylic acids is 2. The molecule has 1 unspecified atom stereocenters. The molecule has 1 amide bonds. The largest absolute Gasteiger partial charge is 0.469 e. The van der Waals surface area contributed by atoms with Gasteiger partial charge in [0.2, 0.25) is 6.10 Å². The Labute approximate surface area is 167 Å². The van der Waals surface area contributed by atoms with Gasteiger partial charge in [0.15, 0.2) is 5.75 Å². The summed E-state index contributed by atoms with van der Waals surface area (Å²) in [5, 5.41) is 11.1. The first kappa shape index (κ1) is 20.2. The molecule has 152 valence electrons. The number of anilines is 1. The summed E-state index contributed by atoms with van der Waals surface area (Å²) in [5.41, 5.74) is 0.597. The monoisotopic (exact) mass is 399 g/mol. The zero-order valence-electron chi connectivity index (χ0n) is 16.1. The van der Waals surface area contributed by atoms with Crippen LogP contribution in [-0.2, 0) is 14.3 Å². The number of esters is 1. The fourth-order valence-electron chi connectivity index (χ4n) is 2.81. The quantitative estimate of drug-likeness (QED) is 0.399. The van der Waals surface area contributed by atoms with E-state index in [0.29, 0.717) is 17.9 Å². The first-order valence-electron chi connectivity index (χ1n) is 9.21. The second-order valence-corrected chi connectivity index (χ2v) is 6.98. The van der Waals surface area contributed by atoms with Crippen LogP contribution in [0.2, 0.25) is 0 Å². The van der Waals surface area contributed by atoms with Crippen LogP contribution in [0.4, 0.5) is 11.6 Å². The van der Waals surface area contributed by atoms with Crippen LogP contribution in [0.25, 0.3) is 0 Å². The molecular formula is C20H21N3O6. The Hall–Kier alpha value is -3.49. The molecule has 0 bridgehead atoms. The van der Waals surface area contributed by atoms with Gasteiger partial charge < -0.3 is 19.6 Å². The van der Waals surface area contributed by atoms with E-state index in [2.05, 4.69) is 4.98 Å². The Kier molecular flexibility index (Phi) is 6.06. The normalized spacial score (nSPS) is 15.6. The third kappa shape index (κ3) is 4.68. The highest BCUT2D eigenvalue weighted by Crippen LogP contribution is 2.38. The van der Waals surface area contributed by atoms with Crippen LogP contribution in [0.5, 0.6) is 5.75 Å². The summed E-state index contributed by atoms with van der Waals surface area (Å²) in [6.07, 6.45) is -0.300. The van der Waals surface area contributed by atoms with E-state index in [1.165, 1.54) is 12.1 Å². The average Bonchev–Trinajstić information content (AvgIpc) is 2.69. The third-order valence-electron chi connectivity index (χ3n) is 4.35. The minimum Gasteiger partial charge on any atom is -0.469 e. The maximum absolute atomic E-state index is 13.1. The van der Waals surface area contributed by atoms with Gasteiger partial charge in [-0.15, -0.1) is 0 Å². The van der Waals surface area contributed by atoms with E-state index < -0.39 is 35.3 Å². The molecule has 1 aliphatic heterocycles. The first-order chi connectivity index (χ1) is 13.9. The van der Waals surface area contributed by atoms with Crippen LogP contribution in [0.3, 0.4) is 0 Å². The molecule has 0 spiro atoms. The van der Waals surface area contributed by atoms with E-state index in [0.717, 1.165) is 4.90 Å². The highest BCUT2D eigenvalue weighted by molar-refractivity contribution is 6.02. The van der Waals surface area contributed by atoms with Crippen molar-refractivity contribution in [1.82, 2.24) is 4.98 Å². The molecule has 9 heteroatoms. The van der Waals surface area contributed by atoms with E-state index in [9.17, 15) is 19.7 Å². The highest BCUT2D eigenvalue weighted by Gasteiger charge is 2.41. The van der Waals surface area contributed by atoms with Crippen molar-refractivity contribution in [2.24, 2.45) is 5.92 Å². The molecule has 0 aliphatic carbocycles. The summed E-state index contributed by atoms with van der Waals surface area (Å²) in [6.45, 7) is 3.82. The number of fused-ring (bicyclic) bond motifs is 1. The Morgan fingerprint density at radius 1 is 1.28 bits per heavy atom. The number of nitrogens with zero attached hydrogens (tertiary/aromatic N) is 3. The molecule has 2 heterocycles. The lowest BCUT2D eigenvalue weighted by molar-refractivity contribution is -0.389. The minimum atomic E-state index is -0.990. The SMILES string of the molecule is CC(C)CCOC(=O)CN1C(=O)C(c2ccccc2)Oc2ccc([N+](=O)[O-])nc21. The van der Waals surface area contributed by atoms with Crippen molar-refractivity contribution in [3.63, 3.8) is 0 Å². The molecule has 9 nitrogen and oxygen atoms in total. The van der Waals surface area contributed by atoms with Gasteiger partial charge in [0.05, 0.1) is 6.61 Å². The molecule has 0 fully saturated rings. The Bertz CT molecular complexity index is 916. The van der Waals surface area contributed by atoms with Crippen LogP contribution in [0.1, 0.15) is 31.9 Å². The van der Waals surface area contributed by atoms with Crippen molar-refractivity contribution >= 4 is 23.5 Å². The minimum absolute atomic E-state index is 0.0720. The van der Waals surface area contributed by atoms with Gasteiger partial charge in [-0.1, -0.05) is 44.2 Å². The fourth-order valence-corrected chi connectivity index (χ4v) is 2.81. The zero-order chi connectivity index (χ0) is 21.0. The Morgan fingerprint density at radius 2 is 2.00 bits per heavy atom. The first-order valence-corrected chi connectivity index (χ1v) is 9.21. The van der Waals surface area contributed by atoms with Crippen molar-refractivity contribution in [1.29, 1.82) is 0 Å². The van der Waals surface area contributed by atoms with E-state index >= 15 is 0 Å². The summed E-state index contributed by atoms with van der Waals surface area (Å²) >= 11 is 0. The number of benzene rings is 1. The highest BCUT2D eigenvalue weighted by atomic mass is 16.6. The second-order valence-electron chi connectivity index (χ2n) is 6.98. The molecule has 1 aromatic carbocycles. The molecule has 3 rings (SSSR count). The molecule has 29 heavy (non-hydrogen) atoms. The number of ether oxygens (including phenoxy) is 2. The van der Waals surface area contributed by atoms with Crippen molar-refractivity contribution in [2.45, 2.75) is 26.4 Å². The second kappa shape index (κ2) is 8.68. The van der Waals surface area contributed by atoms with Gasteiger partial charge in [-0.05, 0) is 28.3 Å². The summed E-state index contributed by atoms with van der Waals surface area (Å²) in [5.74, 6) is -1.14. The predicted octanol–water partition coefficient (Wildman–Crippen LogP) is 3.05. The lowest BCUT2D eigenvalue weighted by Gasteiger charge is -2.30. The van der Waals surface area contributed by atoms with Crippen molar-refractivity contribution in [3.05, 3.63) is 58.1 Å². The van der Waals surface area contributed by atoms with Crippen molar-refractivity contribution < 1.29 is 24.0 Å². The molecule has 0 saturated carbocycles. The maximum Gasteiger partial charge on any atom is 0.366 e. The topological polar surface area (TPSA) is 112 Å². The van der Waals surface area contributed by atoms with E-state index in [4.69, 9.17) is 9.47 Å². The smallest absolute Gasteiger partial charge is 0.366 e. The number of nitro groups is 1. The van der Waals surface area contributed by atoms with Gasteiger partial charge in [0.1, 0.15) is 6.54 Å². The van der Waals surface area contributed by atoms with Crippen LogP contribution in [-0.4, -0.2) is 34.9 Å². The molecule has 1 aromatic heterocycles. The molecule has 1 aliphatic rings. The molecule has 2 aromatic rings. The molecular weight excluding hydrogens is 378 g/mol. The van der Waals surface area contributed by atoms with Gasteiger partial charge >= 0.3 is 11.8 Å². The van der Waals surface area contributed by atoms with Crippen LogP contribution < -0.4 is 9.64 Å². The lowest BCUT2D eigenvalue weighted by atomic mass is 10.1. The van der Waals surface area contributed by atoms with Crippen LogP contribution >= 0.6 is 0 Å². The van der Waals surface area contributed by atoms with Crippen LogP contribution in [0.15, 0.2) is 42.5 Å². The average molecular weight is 399 g/mol. The summed E-state index contributed by atoms with van der Waals surface area (Å²) in [6, 6.07) is 11.4. The van der Waals surface area contributed by atoms with Crippen LogP contribution in [0, 0.1) is 16.0 Å². The summed E-state index contributed by atoms with van der Waals surface area (Å²) in [4.78, 5) is 40.8.